The maximum Gasteiger partial charge on any atom is 0.191 e. The van der Waals surface area contributed by atoms with E-state index in [2.05, 4.69) is 49.8 Å². The molecule has 7 nitrogen and oxygen atoms in total. The monoisotopic (exact) mass is 410 g/mol. The van der Waals surface area contributed by atoms with Crippen LogP contribution >= 0.6 is 0 Å². The Balaban J connectivity index is 1.63. The molecule has 0 spiro atoms. The molecule has 3 rings (SSSR count). The van der Waals surface area contributed by atoms with E-state index < -0.39 is 0 Å². The lowest BCUT2D eigenvalue weighted by Crippen LogP contribution is -2.42. The van der Waals surface area contributed by atoms with Gasteiger partial charge in [0.1, 0.15) is 11.6 Å². The van der Waals surface area contributed by atoms with E-state index in [4.69, 9.17) is 4.74 Å². The number of guanidine groups is 1. The summed E-state index contributed by atoms with van der Waals surface area (Å²) >= 11 is 0. The summed E-state index contributed by atoms with van der Waals surface area (Å²) in [5.74, 6) is 2.64. The fourth-order valence-corrected chi connectivity index (χ4v) is 3.77. The highest BCUT2D eigenvalue weighted by Gasteiger charge is 2.24. The van der Waals surface area contributed by atoms with Crippen LogP contribution in [0.1, 0.15) is 30.0 Å². The van der Waals surface area contributed by atoms with Crippen LogP contribution in [0.3, 0.4) is 0 Å². The zero-order chi connectivity index (χ0) is 21.3. The van der Waals surface area contributed by atoms with Gasteiger partial charge in [0.05, 0.1) is 13.2 Å². The zero-order valence-electron chi connectivity index (χ0n) is 18.6. The van der Waals surface area contributed by atoms with Crippen LogP contribution in [0.25, 0.3) is 0 Å². The number of rotatable bonds is 8. The molecule has 2 aromatic rings. The van der Waals surface area contributed by atoms with E-state index in [0.29, 0.717) is 6.54 Å². The number of methoxy groups -OCH3 is 1. The average molecular weight is 411 g/mol. The van der Waals surface area contributed by atoms with Crippen LogP contribution in [0.15, 0.2) is 47.6 Å². The molecular formula is C23H34N6O. The highest BCUT2D eigenvalue weighted by molar-refractivity contribution is 5.79. The number of nitrogens with zero attached hydrogens (tertiary/aromatic N) is 4. The molecular weight excluding hydrogens is 376 g/mol. The number of pyridine rings is 1. The van der Waals surface area contributed by atoms with Gasteiger partial charge in [0, 0.05) is 40.4 Å². The molecule has 1 aliphatic heterocycles. The van der Waals surface area contributed by atoms with Crippen LogP contribution in [0.2, 0.25) is 0 Å². The van der Waals surface area contributed by atoms with Gasteiger partial charge in [-0.25, -0.2) is 4.98 Å². The molecule has 0 amide bonds. The number of ether oxygens (including phenoxy) is 1. The van der Waals surface area contributed by atoms with E-state index in [-0.39, 0.29) is 6.04 Å². The van der Waals surface area contributed by atoms with Crippen molar-refractivity contribution in [2.45, 2.75) is 25.4 Å². The van der Waals surface area contributed by atoms with Crippen molar-refractivity contribution >= 4 is 11.8 Å². The topological polar surface area (TPSA) is 65.0 Å². The molecule has 1 atom stereocenters. The Hall–Kier alpha value is -2.80. The van der Waals surface area contributed by atoms with Gasteiger partial charge < -0.3 is 20.3 Å². The van der Waals surface area contributed by atoms with Crippen LogP contribution in [-0.4, -0.2) is 63.7 Å². The number of hydrogen-bond acceptors (Lipinski definition) is 5. The van der Waals surface area contributed by atoms with Gasteiger partial charge >= 0.3 is 0 Å². The largest absolute Gasteiger partial charge is 0.497 e. The van der Waals surface area contributed by atoms with Crippen molar-refractivity contribution in [2.24, 2.45) is 4.99 Å². The maximum absolute atomic E-state index is 5.44. The van der Waals surface area contributed by atoms with Crippen LogP contribution in [0.4, 0.5) is 5.82 Å². The zero-order valence-corrected chi connectivity index (χ0v) is 18.6. The predicted octanol–water partition coefficient (Wildman–Crippen LogP) is 2.66. The van der Waals surface area contributed by atoms with Crippen molar-refractivity contribution < 1.29 is 4.74 Å². The first-order valence-electron chi connectivity index (χ1n) is 10.6. The van der Waals surface area contributed by atoms with Crippen molar-refractivity contribution in [3.05, 3.63) is 53.7 Å². The summed E-state index contributed by atoms with van der Waals surface area (Å²) in [4.78, 5) is 13.3. The molecule has 0 radical (unpaired) electrons. The number of aliphatic imine (C=N–C) groups is 1. The molecule has 1 fully saturated rings. The number of hydrogen-bond donors (Lipinski definition) is 2. The summed E-state index contributed by atoms with van der Waals surface area (Å²) in [7, 11) is 7.52. The van der Waals surface area contributed by atoms with Gasteiger partial charge in [0.2, 0.25) is 0 Å². The van der Waals surface area contributed by atoms with Crippen LogP contribution in [0.5, 0.6) is 5.75 Å². The Kier molecular flexibility index (Phi) is 7.90. The molecule has 30 heavy (non-hydrogen) atoms. The molecule has 1 aromatic carbocycles. The van der Waals surface area contributed by atoms with Crippen LogP contribution < -0.4 is 20.3 Å². The maximum atomic E-state index is 5.44. The van der Waals surface area contributed by atoms with Crippen molar-refractivity contribution in [1.29, 1.82) is 0 Å². The Bertz CT molecular complexity index is 832. The van der Waals surface area contributed by atoms with Crippen molar-refractivity contribution in [3.63, 3.8) is 0 Å². The SMILES string of the molecule is CN=C(NCc1ccnc(N(C)C)c1)NCC(c1cccc(OC)c1)N1CCCC1. The first-order valence-corrected chi connectivity index (χ1v) is 10.6. The Morgan fingerprint density at radius 3 is 2.70 bits per heavy atom. The summed E-state index contributed by atoms with van der Waals surface area (Å²) in [6.07, 6.45) is 4.35. The van der Waals surface area contributed by atoms with E-state index in [9.17, 15) is 0 Å². The Labute approximate surface area is 180 Å². The second kappa shape index (κ2) is 10.8. The Morgan fingerprint density at radius 1 is 1.20 bits per heavy atom. The van der Waals surface area contributed by atoms with Gasteiger partial charge in [-0.1, -0.05) is 12.1 Å². The minimum atomic E-state index is 0.280. The minimum absolute atomic E-state index is 0.280. The van der Waals surface area contributed by atoms with Gasteiger partial charge in [-0.15, -0.1) is 0 Å². The highest BCUT2D eigenvalue weighted by Crippen LogP contribution is 2.27. The van der Waals surface area contributed by atoms with Gasteiger partial charge in [0.15, 0.2) is 5.96 Å². The lowest BCUT2D eigenvalue weighted by atomic mass is 10.1. The summed E-state index contributed by atoms with van der Waals surface area (Å²) in [6, 6.07) is 12.8. The van der Waals surface area contributed by atoms with Crippen molar-refractivity contribution in [3.8, 4) is 5.75 Å². The molecule has 2 heterocycles. The lowest BCUT2D eigenvalue weighted by molar-refractivity contribution is 0.245. The van der Waals surface area contributed by atoms with E-state index in [1.807, 2.05) is 44.4 Å². The third kappa shape index (κ3) is 5.86. The van der Waals surface area contributed by atoms with E-state index >= 15 is 0 Å². The number of nitrogens with one attached hydrogen (secondary N) is 2. The normalized spacial score (nSPS) is 15.7. The first-order chi connectivity index (χ1) is 14.6. The minimum Gasteiger partial charge on any atom is -0.497 e. The molecule has 1 aromatic heterocycles. The molecule has 162 valence electrons. The van der Waals surface area contributed by atoms with Gasteiger partial charge in [-0.3, -0.25) is 9.89 Å². The van der Waals surface area contributed by atoms with Crippen LogP contribution in [-0.2, 0) is 6.54 Å². The van der Waals surface area contributed by atoms with Crippen LogP contribution in [0, 0.1) is 0 Å². The molecule has 2 N–H and O–H groups in total. The summed E-state index contributed by atoms with van der Waals surface area (Å²) < 4.78 is 5.44. The average Bonchev–Trinajstić information content (AvgIpc) is 3.31. The molecule has 0 bridgehead atoms. The first kappa shape index (κ1) is 21.9. The summed E-state index contributed by atoms with van der Waals surface area (Å²) in [6.45, 7) is 3.72. The van der Waals surface area contributed by atoms with E-state index in [0.717, 1.165) is 37.2 Å². The van der Waals surface area contributed by atoms with Gasteiger partial charge in [-0.05, 0) is 61.3 Å². The fourth-order valence-electron chi connectivity index (χ4n) is 3.77. The molecule has 0 saturated carbocycles. The van der Waals surface area contributed by atoms with Gasteiger partial charge in [0.25, 0.3) is 0 Å². The predicted molar refractivity (Wildman–Crippen MR) is 123 cm³/mol. The molecule has 7 heteroatoms. The number of likely N-dealkylation sites (tertiary alicyclic amines) is 1. The Morgan fingerprint density at radius 2 is 2.00 bits per heavy atom. The standard InChI is InChI=1S/C23H34N6O/c1-24-23(26-16-18-10-11-25-22(14-18)28(2)3)27-17-21(29-12-5-6-13-29)19-8-7-9-20(15-19)30-4/h7-11,14-15,21H,5-6,12-13,16-17H2,1-4H3,(H2,24,26,27). The highest BCUT2D eigenvalue weighted by atomic mass is 16.5. The summed E-state index contributed by atoms with van der Waals surface area (Å²) in [5, 5.41) is 6.94. The fraction of sp³-hybridized carbons (Fsp3) is 0.478. The second-order valence-corrected chi connectivity index (χ2v) is 7.76. The second-order valence-electron chi connectivity index (χ2n) is 7.76. The van der Waals surface area contributed by atoms with Crippen molar-refractivity contribution in [2.75, 3.05) is 52.8 Å². The third-order valence-electron chi connectivity index (χ3n) is 5.47. The van der Waals surface area contributed by atoms with E-state index in [1.165, 1.54) is 24.0 Å². The molecule has 1 saturated heterocycles. The van der Waals surface area contributed by atoms with E-state index in [1.54, 1.807) is 7.11 Å². The molecule has 0 aliphatic carbocycles. The lowest BCUT2D eigenvalue weighted by Gasteiger charge is -2.29. The van der Waals surface area contributed by atoms with Crippen molar-refractivity contribution in [1.82, 2.24) is 20.5 Å². The molecule has 1 unspecified atom stereocenters. The number of anilines is 1. The smallest absolute Gasteiger partial charge is 0.191 e. The quantitative estimate of drug-likeness (QED) is 0.515. The summed E-state index contributed by atoms with van der Waals surface area (Å²) in [5.41, 5.74) is 2.43. The van der Waals surface area contributed by atoms with Gasteiger partial charge in [-0.2, -0.15) is 0 Å². The molecule has 1 aliphatic rings. The number of benzene rings is 1. The number of aromatic nitrogens is 1. The third-order valence-corrected chi connectivity index (χ3v) is 5.47.